The summed E-state index contributed by atoms with van der Waals surface area (Å²) in [4.78, 5) is 31.7. The Kier molecular flexibility index (Phi) is 5.39. The van der Waals surface area contributed by atoms with Gasteiger partial charge in [-0.2, -0.15) is 0 Å². The fourth-order valence-electron chi connectivity index (χ4n) is 2.97. The van der Waals surface area contributed by atoms with Crippen molar-refractivity contribution in [2.75, 3.05) is 11.9 Å². The van der Waals surface area contributed by atoms with Gasteiger partial charge in [0, 0.05) is 28.0 Å². The highest BCUT2D eigenvalue weighted by atomic mass is 32.1. The van der Waals surface area contributed by atoms with Crippen LogP contribution in [-0.2, 0) is 20.7 Å². The van der Waals surface area contributed by atoms with E-state index in [9.17, 15) is 9.59 Å². The third-order valence-corrected chi connectivity index (χ3v) is 5.23. The van der Waals surface area contributed by atoms with Gasteiger partial charge in [0.15, 0.2) is 11.7 Å². The van der Waals surface area contributed by atoms with E-state index in [1.165, 1.54) is 16.9 Å². The summed E-state index contributed by atoms with van der Waals surface area (Å²) in [5.74, 6) is -0.869. The Balaban J connectivity index is 1.30. The van der Waals surface area contributed by atoms with Gasteiger partial charge in [-0.3, -0.25) is 14.9 Å². The van der Waals surface area contributed by atoms with Gasteiger partial charge in [-0.05, 0) is 18.6 Å². The fourth-order valence-corrected chi connectivity index (χ4v) is 3.71. The molecule has 0 aliphatic heterocycles. The number of thiazole rings is 1. The van der Waals surface area contributed by atoms with Crippen molar-refractivity contribution in [1.29, 1.82) is 0 Å². The number of aryl methyl sites for hydroxylation is 1. The van der Waals surface area contributed by atoms with E-state index in [4.69, 9.17) is 4.74 Å². The summed E-state index contributed by atoms with van der Waals surface area (Å²) in [6, 6.07) is 15.7. The molecular weight excluding hydrogens is 386 g/mol. The number of benzene rings is 2. The molecule has 7 heteroatoms. The number of H-pyrrole nitrogens is 1. The number of anilines is 1. The number of fused-ring (bicyclic) bond motifs is 1. The summed E-state index contributed by atoms with van der Waals surface area (Å²) < 4.78 is 5.11. The van der Waals surface area contributed by atoms with E-state index < -0.39 is 11.9 Å². The Bertz CT molecular complexity index is 1160. The third kappa shape index (κ3) is 4.52. The lowest BCUT2D eigenvalue weighted by atomic mass is 10.1. The normalized spacial score (nSPS) is 10.8. The van der Waals surface area contributed by atoms with Gasteiger partial charge in [-0.1, -0.05) is 48.0 Å². The van der Waals surface area contributed by atoms with Crippen molar-refractivity contribution in [3.8, 4) is 11.3 Å². The van der Waals surface area contributed by atoms with Crippen LogP contribution in [0.3, 0.4) is 0 Å². The standard InChI is InChI=1S/C22H19N3O3S/c1-14-6-8-15(9-7-14)19-13-29-22(24-19)25-20(26)12-28-21(27)10-16-11-23-18-5-3-2-4-17(16)18/h2-9,11,13,23H,10,12H2,1H3,(H,24,25,26). The fraction of sp³-hybridized carbons (Fsp3) is 0.136. The van der Waals surface area contributed by atoms with E-state index in [1.54, 1.807) is 6.20 Å². The van der Waals surface area contributed by atoms with Gasteiger partial charge in [0.25, 0.3) is 5.91 Å². The van der Waals surface area contributed by atoms with Crippen LogP contribution in [-0.4, -0.2) is 28.5 Å². The van der Waals surface area contributed by atoms with Gasteiger partial charge in [0.1, 0.15) is 0 Å². The van der Waals surface area contributed by atoms with Gasteiger partial charge in [0.05, 0.1) is 12.1 Å². The first-order valence-electron chi connectivity index (χ1n) is 9.11. The van der Waals surface area contributed by atoms with Crippen LogP contribution in [0.2, 0.25) is 0 Å². The molecule has 146 valence electrons. The SMILES string of the molecule is Cc1ccc(-c2csc(NC(=O)COC(=O)Cc3c[nH]c4ccccc34)n2)cc1. The molecule has 0 aliphatic rings. The first kappa shape index (κ1) is 18.9. The van der Waals surface area contributed by atoms with Gasteiger partial charge in [-0.15, -0.1) is 11.3 Å². The molecule has 6 nitrogen and oxygen atoms in total. The Morgan fingerprint density at radius 1 is 1.14 bits per heavy atom. The summed E-state index contributed by atoms with van der Waals surface area (Å²) in [6.45, 7) is 1.68. The number of aromatic nitrogens is 2. The number of hydrogen-bond acceptors (Lipinski definition) is 5. The van der Waals surface area contributed by atoms with Crippen LogP contribution < -0.4 is 5.32 Å². The van der Waals surface area contributed by atoms with Crippen molar-refractivity contribution in [3.05, 3.63) is 71.2 Å². The van der Waals surface area contributed by atoms with E-state index >= 15 is 0 Å². The Morgan fingerprint density at radius 2 is 1.93 bits per heavy atom. The number of carbonyl (C=O) groups excluding carboxylic acids is 2. The quantitative estimate of drug-likeness (QED) is 0.468. The van der Waals surface area contributed by atoms with Gasteiger partial charge in [-0.25, -0.2) is 4.98 Å². The molecule has 2 aromatic carbocycles. The summed E-state index contributed by atoms with van der Waals surface area (Å²) >= 11 is 1.33. The van der Waals surface area contributed by atoms with Crippen molar-refractivity contribution >= 4 is 39.2 Å². The molecule has 0 atom stereocenters. The molecule has 0 saturated carbocycles. The lowest BCUT2D eigenvalue weighted by Gasteiger charge is -2.04. The zero-order chi connectivity index (χ0) is 20.2. The molecule has 0 unspecified atom stereocenters. The Labute approximate surface area is 171 Å². The molecule has 0 radical (unpaired) electrons. The second-order valence-corrected chi connectivity index (χ2v) is 7.51. The zero-order valence-electron chi connectivity index (χ0n) is 15.8. The van der Waals surface area contributed by atoms with Crippen LogP contribution in [0.1, 0.15) is 11.1 Å². The maximum atomic E-state index is 12.1. The monoisotopic (exact) mass is 405 g/mol. The van der Waals surface area contributed by atoms with Gasteiger partial charge >= 0.3 is 5.97 Å². The minimum atomic E-state index is -0.454. The molecular formula is C22H19N3O3S. The number of rotatable bonds is 6. The highest BCUT2D eigenvalue weighted by Crippen LogP contribution is 2.25. The lowest BCUT2D eigenvalue weighted by Crippen LogP contribution is -2.21. The molecule has 4 aromatic rings. The molecule has 0 saturated heterocycles. The van der Waals surface area contributed by atoms with E-state index in [-0.39, 0.29) is 13.0 Å². The maximum Gasteiger partial charge on any atom is 0.310 e. The number of nitrogens with zero attached hydrogens (tertiary/aromatic N) is 1. The minimum Gasteiger partial charge on any atom is -0.455 e. The second-order valence-electron chi connectivity index (χ2n) is 6.65. The molecule has 0 fully saturated rings. The Hall–Kier alpha value is -3.45. The van der Waals surface area contributed by atoms with E-state index in [0.717, 1.165) is 27.7 Å². The van der Waals surface area contributed by atoms with Crippen molar-refractivity contribution in [2.45, 2.75) is 13.3 Å². The first-order valence-corrected chi connectivity index (χ1v) is 9.99. The molecule has 2 N–H and O–H groups in total. The number of carbonyl (C=O) groups is 2. The van der Waals surface area contributed by atoms with Crippen LogP contribution in [0.25, 0.3) is 22.2 Å². The predicted molar refractivity (Wildman–Crippen MR) is 114 cm³/mol. The predicted octanol–water partition coefficient (Wildman–Crippen LogP) is 4.32. The van der Waals surface area contributed by atoms with Crippen molar-refractivity contribution < 1.29 is 14.3 Å². The maximum absolute atomic E-state index is 12.1. The molecule has 1 amide bonds. The van der Waals surface area contributed by atoms with Crippen molar-refractivity contribution in [3.63, 3.8) is 0 Å². The van der Waals surface area contributed by atoms with E-state index in [2.05, 4.69) is 15.3 Å². The van der Waals surface area contributed by atoms with Crippen LogP contribution in [0.4, 0.5) is 5.13 Å². The average molecular weight is 405 g/mol. The number of nitrogens with one attached hydrogen (secondary N) is 2. The Morgan fingerprint density at radius 3 is 2.76 bits per heavy atom. The van der Waals surface area contributed by atoms with E-state index in [0.29, 0.717) is 5.13 Å². The second kappa shape index (κ2) is 8.28. The summed E-state index contributed by atoms with van der Waals surface area (Å²) in [6.07, 6.45) is 1.89. The number of aromatic amines is 1. The number of para-hydroxylation sites is 1. The van der Waals surface area contributed by atoms with Crippen LogP contribution in [0, 0.1) is 6.92 Å². The van der Waals surface area contributed by atoms with Gasteiger partial charge < -0.3 is 9.72 Å². The summed E-state index contributed by atoms with van der Waals surface area (Å²) in [5, 5.41) is 5.99. The molecule has 0 aliphatic carbocycles. The molecule has 2 heterocycles. The van der Waals surface area contributed by atoms with Crippen LogP contribution >= 0.6 is 11.3 Å². The largest absolute Gasteiger partial charge is 0.455 e. The minimum absolute atomic E-state index is 0.103. The molecule has 0 bridgehead atoms. The highest BCUT2D eigenvalue weighted by Gasteiger charge is 2.13. The summed E-state index contributed by atoms with van der Waals surface area (Å²) in [5.41, 5.74) is 4.75. The van der Waals surface area contributed by atoms with Crippen LogP contribution in [0.15, 0.2) is 60.1 Å². The smallest absolute Gasteiger partial charge is 0.310 e. The number of ether oxygens (including phenoxy) is 1. The highest BCUT2D eigenvalue weighted by molar-refractivity contribution is 7.14. The topological polar surface area (TPSA) is 84.1 Å². The zero-order valence-corrected chi connectivity index (χ0v) is 16.6. The molecule has 2 aromatic heterocycles. The van der Waals surface area contributed by atoms with Crippen molar-refractivity contribution in [2.24, 2.45) is 0 Å². The number of amides is 1. The number of esters is 1. The molecule has 29 heavy (non-hydrogen) atoms. The van der Waals surface area contributed by atoms with Crippen molar-refractivity contribution in [1.82, 2.24) is 9.97 Å². The average Bonchev–Trinajstić information content (AvgIpc) is 3.35. The molecule has 4 rings (SSSR count). The summed E-state index contributed by atoms with van der Waals surface area (Å²) in [7, 11) is 0. The third-order valence-electron chi connectivity index (χ3n) is 4.47. The first-order chi connectivity index (χ1) is 14.1. The lowest BCUT2D eigenvalue weighted by molar-refractivity contribution is -0.146. The van der Waals surface area contributed by atoms with Crippen LogP contribution in [0.5, 0.6) is 0 Å². The van der Waals surface area contributed by atoms with Gasteiger partial charge in [0.2, 0.25) is 0 Å². The van der Waals surface area contributed by atoms with E-state index in [1.807, 2.05) is 60.8 Å². The number of hydrogen-bond donors (Lipinski definition) is 2. The molecule has 0 spiro atoms.